The van der Waals surface area contributed by atoms with E-state index in [0.29, 0.717) is 11.3 Å². The number of ether oxygens (including phenoxy) is 1. The van der Waals surface area contributed by atoms with Crippen molar-refractivity contribution < 1.29 is 9.66 Å². The van der Waals surface area contributed by atoms with Crippen LogP contribution in [0.4, 0.5) is 5.69 Å². The molecule has 0 aromatic heterocycles. The molecule has 0 aliphatic heterocycles. The molecule has 2 rings (SSSR count). The molecule has 0 radical (unpaired) electrons. The molecular weight excluding hydrogens is 288 g/mol. The Hall–Kier alpha value is -2.52. The normalized spacial score (nSPS) is 9.95. The van der Waals surface area contributed by atoms with Crippen molar-refractivity contribution in [2.24, 2.45) is 0 Å². The molecule has 0 spiro atoms. The first-order valence-electron chi connectivity index (χ1n) is 6.07. The number of hydrogen-bond donors (Lipinski definition) is 0. The predicted octanol–water partition coefficient (Wildman–Crippen LogP) is 4.29. The van der Waals surface area contributed by atoms with E-state index in [9.17, 15) is 15.4 Å². The molecular formula is C15H12N2O3S. The lowest BCUT2D eigenvalue weighted by Crippen LogP contribution is -1.96. The van der Waals surface area contributed by atoms with E-state index in [1.165, 1.54) is 17.8 Å². The van der Waals surface area contributed by atoms with Crippen LogP contribution in [0.3, 0.4) is 0 Å². The number of nitro benzene ring substituents is 1. The molecule has 21 heavy (non-hydrogen) atoms. The summed E-state index contributed by atoms with van der Waals surface area (Å²) < 4.78 is 5.61. The first kappa shape index (κ1) is 14.9. The van der Waals surface area contributed by atoms with E-state index in [1.54, 1.807) is 37.3 Å². The summed E-state index contributed by atoms with van der Waals surface area (Å²) >= 11 is 1.42. The number of hydrogen-bond acceptors (Lipinski definition) is 5. The number of nitriles is 1. The monoisotopic (exact) mass is 300 g/mol. The lowest BCUT2D eigenvalue weighted by molar-refractivity contribution is -0.385. The van der Waals surface area contributed by atoms with Crippen molar-refractivity contribution >= 4 is 17.4 Å². The Balaban J connectivity index is 2.49. The van der Waals surface area contributed by atoms with Gasteiger partial charge in [0, 0.05) is 11.0 Å². The third kappa shape index (κ3) is 3.15. The zero-order valence-electron chi connectivity index (χ0n) is 11.5. The second-order valence-electron chi connectivity index (χ2n) is 4.28. The fraction of sp³-hybridized carbons (Fsp3) is 0.133. The minimum Gasteiger partial charge on any atom is -0.449 e. The number of benzene rings is 2. The van der Waals surface area contributed by atoms with Crippen LogP contribution in [0, 0.1) is 28.4 Å². The van der Waals surface area contributed by atoms with Gasteiger partial charge in [0.25, 0.3) is 0 Å². The molecule has 0 amide bonds. The van der Waals surface area contributed by atoms with Crippen LogP contribution in [0.5, 0.6) is 11.5 Å². The smallest absolute Gasteiger partial charge is 0.311 e. The Morgan fingerprint density at radius 1 is 1.29 bits per heavy atom. The molecule has 0 aliphatic carbocycles. The summed E-state index contributed by atoms with van der Waals surface area (Å²) in [6.45, 7) is 1.77. The molecule has 0 heterocycles. The maximum absolute atomic E-state index is 11.1. The highest BCUT2D eigenvalue weighted by molar-refractivity contribution is 7.98. The zero-order chi connectivity index (χ0) is 15.4. The standard InChI is InChI=1S/C15H12N2O3S/c1-10-6-7-14(12(8-10)17(18)19)20-13-4-3-5-15(21-2)11(13)9-16/h3-8H,1-2H3. The van der Waals surface area contributed by atoms with E-state index in [0.717, 1.165) is 10.5 Å². The van der Waals surface area contributed by atoms with Gasteiger partial charge in [0.05, 0.1) is 4.92 Å². The van der Waals surface area contributed by atoms with Gasteiger partial charge in [-0.1, -0.05) is 12.1 Å². The molecule has 0 bridgehead atoms. The number of thioether (sulfide) groups is 1. The Labute approximate surface area is 126 Å². The number of aryl methyl sites for hydroxylation is 1. The summed E-state index contributed by atoms with van der Waals surface area (Å²) in [5.41, 5.74) is 1.03. The summed E-state index contributed by atoms with van der Waals surface area (Å²) in [7, 11) is 0. The average Bonchev–Trinajstić information content (AvgIpc) is 2.48. The van der Waals surface area contributed by atoms with E-state index < -0.39 is 4.92 Å². The van der Waals surface area contributed by atoms with E-state index in [1.807, 2.05) is 6.26 Å². The third-order valence-corrected chi connectivity index (χ3v) is 3.63. The molecule has 0 saturated heterocycles. The van der Waals surface area contributed by atoms with Gasteiger partial charge in [0.15, 0.2) is 0 Å². The summed E-state index contributed by atoms with van der Waals surface area (Å²) in [5, 5.41) is 20.4. The van der Waals surface area contributed by atoms with Crippen molar-refractivity contribution in [3.8, 4) is 17.6 Å². The topological polar surface area (TPSA) is 76.2 Å². The molecule has 106 valence electrons. The number of rotatable bonds is 4. The average molecular weight is 300 g/mol. The molecule has 2 aromatic carbocycles. The van der Waals surface area contributed by atoms with Gasteiger partial charge in [-0.3, -0.25) is 10.1 Å². The van der Waals surface area contributed by atoms with Crippen molar-refractivity contribution in [1.82, 2.24) is 0 Å². The molecule has 6 heteroatoms. The predicted molar refractivity (Wildman–Crippen MR) is 80.8 cm³/mol. The van der Waals surface area contributed by atoms with Crippen molar-refractivity contribution in [3.05, 3.63) is 57.6 Å². The molecule has 5 nitrogen and oxygen atoms in total. The molecule has 0 unspecified atom stereocenters. The van der Waals surface area contributed by atoms with Gasteiger partial charge in [-0.2, -0.15) is 5.26 Å². The van der Waals surface area contributed by atoms with E-state index >= 15 is 0 Å². The first-order valence-corrected chi connectivity index (χ1v) is 7.29. The first-order chi connectivity index (χ1) is 10.1. The molecule has 0 saturated carbocycles. The Morgan fingerprint density at radius 2 is 2.05 bits per heavy atom. The van der Waals surface area contributed by atoms with E-state index in [2.05, 4.69) is 6.07 Å². The van der Waals surface area contributed by atoms with Crippen LogP contribution in [-0.2, 0) is 0 Å². The van der Waals surface area contributed by atoms with Gasteiger partial charge in [-0.25, -0.2) is 0 Å². The maximum atomic E-state index is 11.1. The van der Waals surface area contributed by atoms with Crippen molar-refractivity contribution in [2.45, 2.75) is 11.8 Å². The van der Waals surface area contributed by atoms with Gasteiger partial charge in [-0.05, 0) is 36.9 Å². The highest BCUT2D eigenvalue weighted by Gasteiger charge is 2.18. The molecule has 0 atom stereocenters. The van der Waals surface area contributed by atoms with Gasteiger partial charge in [0.2, 0.25) is 5.75 Å². The number of nitro groups is 1. The lowest BCUT2D eigenvalue weighted by atomic mass is 10.2. The van der Waals surface area contributed by atoms with Crippen LogP contribution in [0.15, 0.2) is 41.3 Å². The van der Waals surface area contributed by atoms with E-state index in [4.69, 9.17) is 4.74 Å². The van der Waals surface area contributed by atoms with Crippen molar-refractivity contribution in [3.63, 3.8) is 0 Å². The lowest BCUT2D eigenvalue weighted by Gasteiger charge is -2.10. The Bertz CT molecular complexity index is 738. The molecule has 0 fully saturated rings. The van der Waals surface area contributed by atoms with Crippen LogP contribution in [0.25, 0.3) is 0 Å². The second-order valence-corrected chi connectivity index (χ2v) is 5.12. The van der Waals surface area contributed by atoms with Gasteiger partial charge in [-0.15, -0.1) is 11.8 Å². The fourth-order valence-corrected chi connectivity index (χ4v) is 2.42. The van der Waals surface area contributed by atoms with Gasteiger partial charge >= 0.3 is 5.69 Å². The molecule has 0 N–H and O–H groups in total. The Kier molecular flexibility index (Phi) is 4.45. The van der Waals surface area contributed by atoms with Crippen LogP contribution in [0.2, 0.25) is 0 Å². The van der Waals surface area contributed by atoms with Crippen LogP contribution in [-0.4, -0.2) is 11.2 Å². The largest absolute Gasteiger partial charge is 0.449 e. The van der Waals surface area contributed by atoms with Crippen LogP contribution in [0.1, 0.15) is 11.1 Å². The second kappa shape index (κ2) is 6.29. The fourth-order valence-electron chi connectivity index (χ4n) is 1.85. The summed E-state index contributed by atoms with van der Waals surface area (Å²) in [4.78, 5) is 11.4. The highest BCUT2D eigenvalue weighted by atomic mass is 32.2. The van der Waals surface area contributed by atoms with E-state index in [-0.39, 0.29) is 11.4 Å². The SMILES string of the molecule is CSc1cccc(Oc2ccc(C)cc2[N+](=O)[O-])c1C#N. The van der Waals surface area contributed by atoms with Crippen LogP contribution >= 0.6 is 11.8 Å². The zero-order valence-corrected chi connectivity index (χ0v) is 12.3. The summed E-state index contributed by atoms with van der Waals surface area (Å²) in [6, 6.07) is 12.0. The quantitative estimate of drug-likeness (QED) is 0.478. The minimum atomic E-state index is -0.493. The molecule has 0 aliphatic rings. The maximum Gasteiger partial charge on any atom is 0.311 e. The highest BCUT2D eigenvalue weighted by Crippen LogP contribution is 2.35. The Morgan fingerprint density at radius 3 is 2.67 bits per heavy atom. The van der Waals surface area contributed by atoms with Crippen molar-refractivity contribution in [1.29, 1.82) is 5.26 Å². The summed E-state index contributed by atoms with van der Waals surface area (Å²) in [5.74, 6) is 0.441. The van der Waals surface area contributed by atoms with Gasteiger partial charge in [0.1, 0.15) is 17.4 Å². The van der Waals surface area contributed by atoms with Gasteiger partial charge < -0.3 is 4.74 Å². The van der Waals surface area contributed by atoms with Crippen molar-refractivity contribution in [2.75, 3.05) is 6.26 Å². The summed E-state index contributed by atoms with van der Waals surface area (Å²) in [6.07, 6.45) is 1.86. The minimum absolute atomic E-state index is 0.117. The van der Waals surface area contributed by atoms with Crippen LogP contribution < -0.4 is 4.74 Å². The molecule has 2 aromatic rings. The number of nitrogens with zero attached hydrogens (tertiary/aromatic N) is 2. The third-order valence-electron chi connectivity index (χ3n) is 2.85.